The molecule has 0 saturated carbocycles. The summed E-state index contributed by atoms with van der Waals surface area (Å²) in [5.41, 5.74) is 7.29. The summed E-state index contributed by atoms with van der Waals surface area (Å²) < 4.78 is 1.58. The van der Waals surface area contributed by atoms with E-state index in [1.54, 1.807) is 48.3 Å². The Kier molecular flexibility index (Phi) is 2.59. The van der Waals surface area contributed by atoms with E-state index in [-0.39, 0.29) is 5.91 Å². The first-order valence-corrected chi connectivity index (χ1v) is 4.82. The van der Waals surface area contributed by atoms with Crippen LogP contribution in [0.3, 0.4) is 0 Å². The predicted octanol–water partition coefficient (Wildman–Crippen LogP) is 1.25. The SMILES string of the molecule is Cn1ccc(C(=O)Nc2ccc(N)cc2)n1. The number of rotatable bonds is 2. The number of aromatic nitrogens is 2. The third-order valence-electron chi connectivity index (χ3n) is 2.11. The molecule has 0 aliphatic carbocycles. The van der Waals surface area contributed by atoms with E-state index in [1.165, 1.54) is 0 Å². The molecule has 1 aromatic carbocycles. The van der Waals surface area contributed by atoms with Gasteiger partial charge in [0.2, 0.25) is 0 Å². The van der Waals surface area contributed by atoms with Crippen molar-refractivity contribution >= 4 is 17.3 Å². The summed E-state index contributed by atoms with van der Waals surface area (Å²) in [7, 11) is 1.76. The first-order chi connectivity index (χ1) is 7.65. The van der Waals surface area contributed by atoms with Crippen LogP contribution >= 0.6 is 0 Å². The molecule has 0 radical (unpaired) electrons. The van der Waals surface area contributed by atoms with E-state index >= 15 is 0 Å². The van der Waals surface area contributed by atoms with Crippen molar-refractivity contribution in [1.82, 2.24) is 9.78 Å². The Balaban J connectivity index is 2.10. The van der Waals surface area contributed by atoms with E-state index in [2.05, 4.69) is 10.4 Å². The number of nitrogen functional groups attached to an aromatic ring is 1. The van der Waals surface area contributed by atoms with Crippen molar-refractivity contribution in [2.75, 3.05) is 11.1 Å². The molecule has 0 bridgehead atoms. The number of anilines is 2. The Morgan fingerprint density at radius 2 is 2.00 bits per heavy atom. The van der Waals surface area contributed by atoms with Gasteiger partial charge in [-0.1, -0.05) is 0 Å². The number of nitrogens with one attached hydrogen (secondary N) is 1. The van der Waals surface area contributed by atoms with Crippen molar-refractivity contribution in [1.29, 1.82) is 0 Å². The van der Waals surface area contributed by atoms with Crippen LogP contribution < -0.4 is 11.1 Å². The summed E-state index contributed by atoms with van der Waals surface area (Å²) in [5, 5.41) is 6.73. The van der Waals surface area contributed by atoms with Crippen LogP contribution in [0.5, 0.6) is 0 Å². The summed E-state index contributed by atoms with van der Waals surface area (Å²) in [6.07, 6.45) is 1.72. The maximum absolute atomic E-state index is 11.7. The van der Waals surface area contributed by atoms with Crippen LogP contribution in [-0.2, 0) is 7.05 Å². The number of carbonyl (C=O) groups is 1. The minimum Gasteiger partial charge on any atom is -0.399 e. The molecule has 1 amide bonds. The highest BCUT2D eigenvalue weighted by Gasteiger charge is 2.08. The minimum absolute atomic E-state index is 0.231. The molecule has 3 N–H and O–H groups in total. The Morgan fingerprint density at radius 1 is 1.31 bits per heavy atom. The average molecular weight is 216 g/mol. The van der Waals surface area contributed by atoms with Gasteiger partial charge in [-0.3, -0.25) is 9.48 Å². The molecule has 0 spiro atoms. The van der Waals surface area contributed by atoms with Crippen LogP contribution in [0.15, 0.2) is 36.5 Å². The fourth-order valence-electron chi connectivity index (χ4n) is 1.30. The van der Waals surface area contributed by atoms with Gasteiger partial charge in [-0.25, -0.2) is 0 Å². The van der Waals surface area contributed by atoms with E-state index in [9.17, 15) is 4.79 Å². The lowest BCUT2D eigenvalue weighted by Crippen LogP contribution is -2.12. The predicted molar refractivity (Wildman–Crippen MR) is 62.0 cm³/mol. The molecule has 0 aliphatic heterocycles. The number of carbonyl (C=O) groups excluding carboxylic acids is 1. The molecule has 82 valence electrons. The Labute approximate surface area is 92.9 Å². The molecule has 16 heavy (non-hydrogen) atoms. The summed E-state index contributed by atoms with van der Waals surface area (Å²) in [4.78, 5) is 11.7. The molecule has 2 rings (SSSR count). The highest BCUT2D eigenvalue weighted by molar-refractivity contribution is 6.02. The van der Waals surface area contributed by atoms with E-state index in [4.69, 9.17) is 5.73 Å². The Morgan fingerprint density at radius 3 is 2.56 bits per heavy atom. The third kappa shape index (κ3) is 2.20. The molecule has 0 unspecified atom stereocenters. The largest absolute Gasteiger partial charge is 0.399 e. The standard InChI is InChI=1S/C11H12N4O/c1-15-7-6-10(14-15)11(16)13-9-4-2-8(12)3-5-9/h2-7H,12H2,1H3,(H,13,16). The third-order valence-corrected chi connectivity index (χ3v) is 2.11. The fourth-order valence-corrected chi connectivity index (χ4v) is 1.30. The van der Waals surface area contributed by atoms with Crippen LogP contribution in [0.25, 0.3) is 0 Å². The van der Waals surface area contributed by atoms with Crippen molar-refractivity contribution in [3.63, 3.8) is 0 Å². The zero-order valence-electron chi connectivity index (χ0n) is 8.84. The lowest BCUT2D eigenvalue weighted by atomic mass is 10.3. The van der Waals surface area contributed by atoms with Gasteiger partial charge >= 0.3 is 0 Å². The molecule has 1 aromatic heterocycles. The quantitative estimate of drug-likeness (QED) is 0.742. The summed E-state index contributed by atoms with van der Waals surface area (Å²) in [5.74, 6) is -0.231. The monoisotopic (exact) mass is 216 g/mol. The molecule has 0 fully saturated rings. The van der Waals surface area contributed by atoms with Crippen molar-refractivity contribution in [3.8, 4) is 0 Å². The maximum Gasteiger partial charge on any atom is 0.276 e. The molecule has 1 heterocycles. The lowest BCUT2D eigenvalue weighted by molar-refractivity contribution is 0.102. The first-order valence-electron chi connectivity index (χ1n) is 4.82. The van der Waals surface area contributed by atoms with Crippen LogP contribution in [0, 0.1) is 0 Å². The van der Waals surface area contributed by atoms with Crippen LogP contribution in [0.4, 0.5) is 11.4 Å². The molecular weight excluding hydrogens is 204 g/mol. The van der Waals surface area contributed by atoms with Gasteiger partial charge in [-0.2, -0.15) is 5.10 Å². The van der Waals surface area contributed by atoms with Crippen molar-refractivity contribution in [3.05, 3.63) is 42.2 Å². The van der Waals surface area contributed by atoms with Gasteiger partial charge in [0.25, 0.3) is 5.91 Å². The van der Waals surface area contributed by atoms with Crippen molar-refractivity contribution in [2.24, 2.45) is 7.05 Å². The lowest BCUT2D eigenvalue weighted by Gasteiger charge is -2.02. The van der Waals surface area contributed by atoms with Gasteiger partial charge in [0.05, 0.1) is 0 Å². The van der Waals surface area contributed by atoms with Gasteiger partial charge in [-0.05, 0) is 30.3 Å². The number of hydrogen-bond acceptors (Lipinski definition) is 3. The van der Waals surface area contributed by atoms with Gasteiger partial charge in [0.15, 0.2) is 5.69 Å². The molecule has 2 aromatic rings. The molecule has 0 aliphatic rings. The second-order valence-corrected chi connectivity index (χ2v) is 3.45. The summed E-state index contributed by atoms with van der Waals surface area (Å²) in [6.45, 7) is 0. The highest BCUT2D eigenvalue weighted by atomic mass is 16.1. The number of nitrogens with zero attached hydrogens (tertiary/aromatic N) is 2. The summed E-state index contributed by atoms with van der Waals surface area (Å²) in [6, 6.07) is 8.61. The average Bonchev–Trinajstić information content (AvgIpc) is 2.68. The van der Waals surface area contributed by atoms with E-state index in [0.717, 1.165) is 0 Å². The van der Waals surface area contributed by atoms with Crippen molar-refractivity contribution < 1.29 is 4.79 Å². The van der Waals surface area contributed by atoms with Crippen LogP contribution in [0.1, 0.15) is 10.5 Å². The van der Waals surface area contributed by atoms with Crippen LogP contribution in [0.2, 0.25) is 0 Å². The molecular formula is C11H12N4O. The number of amides is 1. The maximum atomic E-state index is 11.7. The van der Waals surface area contributed by atoms with Gasteiger partial charge in [0.1, 0.15) is 0 Å². The number of nitrogens with two attached hydrogens (primary N) is 1. The Hall–Kier alpha value is -2.30. The van der Waals surface area contributed by atoms with Crippen LogP contribution in [-0.4, -0.2) is 15.7 Å². The zero-order chi connectivity index (χ0) is 11.5. The number of aryl methyl sites for hydroxylation is 1. The van der Waals surface area contributed by atoms with Gasteiger partial charge < -0.3 is 11.1 Å². The van der Waals surface area contributed by atoms with E-state index < -0.39 is 0 Å². The molecule has 5 nitrogen and oxygen atoms in total. The normalized spacial score (nSPS) is 10.1. The smallest absolute Gasteiger partial charge is 0.276 e. The first kappa shape index (κ1) is 10.2. The molecule has 5 heteroatoms. The topological polar surface area (TPSA) is 72.9 Å². The van der Waals surface area contributed by atoms with E-state index in [1.807, 2.05) is 0 Å². The summed E-state index contributed by atoms with van der Waals surface area (Å²) >= 11 is 0. The van der Waals surface area contributed by atoms with E-state index in [0.29, 0.717) is 17.1 Å². The zero-order valence-corrected chi connectivity index (χ0v) is 8.84. The molecule has 0 saturated heterocycles. The number of hydrogen-bond donors (Lipinski definition) is 2. The second kappa shape index (κ2) is 4.06. The van der Waals surface area contributed by atoms with Crippen molar-refractivity contribution in [2.45, 2.75) is 0 Å². The Bertz CT molecular complexity index is 501. The number of benzene rings is 1. The van der Waals surface area contributed by atoms with Gasteiger partial charge in [-0.15, -0.1) is 0 Å². The highest BCUT2D eigenvalue weighted by Crippen LogP contribution is 2.11. The fraction of sp³-hybridized carbons (Fsp3) is 0.0909. The molecule has 0 atom stereocenters. The second-order valence-electron chi connectivity index (χ2n) is 3.45. The van der Waals surface area contributed by atoms with Gasteiger partial charge in [0, 0.05) is 24.6 Å². The minimum atomic E-state index is -0.231.